The molecule has 5 heteroatoms. The first-order valence-corrected chi connectivity index (χ1v) is 7.31. The number of aliphatic hydroxyl groups excluding tert-OH is 1. The molecule has 1 saturated heterocycles. The summed E-state index contributed by atoms with van der Waals surface area (Å²) in [6.45, 7) is 2.25. The van der Waals surface area contributed by atoms with Gasteiger partial charge in [0.2, 0.25) is 11.8 Å². The molecule has 19 heavy (non-hydrogen) atoms. The number of nitrogens with zero attached hydrogens (tertiary/aromatic N) is 1. The Kier molecular flexibility index (Phi) is 4.80. The van der Waals surface area contributed by atoms with Crippen molar-refractivity contribution in [2.75, 3.05) is 13.1 Å². The Labute approximate surface area is 114 Å². The van der Waals surface area contributed by atoms with Gasteiger partial charge in [0, 0.05) is 25.4 Å². The van der Waals surface area contributed by atoms with Crippen molar-refractivity contribution >= 4 is 11.8 Å². The van der Waals surface area contributed by atoms with Crippen LogP contribution in [-0.4, -0.2) is 47.1 Å². The monoisotopic (exact) mass is 268 g/mol. The van der Waals surface area contributed by atoms with Crippen LogP contribution < -0.4 is 5.32 Å². The van der Waals surface area contributed by atoms with Crippen molar-refractivity contribution in [3.8, 4) is 0 Å². The van der Waals surface area contributed by atoms with E-state index < -0.39 is 0 Å². The molecule has 1 aliphatic carbocycles. The van der Waals surface area contributed by atoms with Gasteiger partial charge >= 0.3 is 0 Å². The second kappa shape index (κ2) is 6.37. The van der Waals surface area contributed by atoms with Gasteiger partial charge in [0.25, 0.3) is 0 Å². The maximum absolute atomic E-state index is 12.1. The van der Waals surface area contributed by atoms with Crippen LogP contribution in [-0.2, 0) is 9.59 Å². The average Bonchev–Trinajstić information content (AvgIpc) is 2.85. The third kappa shape index (κ3) is 3.47. The summed E-state index contributed by atoms with van der Waals surface area (Å²) in [5, 5.41) is 12.7. The summed E-state index contributed by atoms with van der Waals surface area (Å²) in [6.07, 6.45) is 5.81. The van der Waals surface area contributed by atoms with Gasteiger partial charge in [-0.15, -0.1) is 0 Å². The first-order valence-electron chi connectivity index (χ1n) is 7.31. The number of likely N-dealkylation sites (tertiary alicyclic amines) is 1. The Balaban J connectivity index is 1.95. The van der Waals surface area contributed by atoms with Crippen LogP contribution in [0.3, 0.4) is 0 Å². The lowest BCUT2D eigenvalue weighted by Crippen LogP contribution is -2.48. The van der Waals surface area contributed by atoms with Gasteiger partial charge in [-0.3, -0.25) is 9.59 Å². The van der Waals surface area contributed by atoms with Crippen molar-refractivity contribution in [3.05, 3.63) is 0 Å². The highest BCUT2D eigenvalue weighted by molar-refractivity contribution is 5.84. The second-order valence-electron chi connectivity index (χ2n) is 5.72. The molecule has 2 rings (SSSR count). The molecule has 1 saturated carbocycles. The SMILES string of the molecule is CC(=O)NCC(=O)N1CCC[C@@H]1[C@H]1CCCC[C@@H]1O. The topological polar surface area (TPSA) is 69.6 Å². The molecule has 0 aromatic carbocycles. The Bertz CT molecular complexity index is 346. The molecule has 0 radical (unpaired) electrons. The van der Waals surface area contributed by atoms with E-state index in [-0.39, 0.29) is 36.4 Å². The van der Waals surface area contributed by atoms with E-state index in [4.69, 9.17) is 0 Å². The lowest BCUT2D eigenvalue weighted by Gasteiger charge is -2.37. The molecule has 2 amide bonds. The van der Waals surface area contributed by atoms with E-state index in [0.717, 1.165) is 45.1 Å². The molecule has 1 heterocycles. The number of hydrogen-bond acceptors (Lipinski definition) is 3. The fourth-order valence-corrected chi connectivity index (χ4v) is 3.44. The van der Waals surface area contributed by atoms with Gasteiger partial charge in [0.05, 0.1) is 12.6 Å². The zero-order valence-electron chi connectivity index (χ0n) is 11.6. The summed E-state index contributed by atoms with van der Waals surface area (Å²) >= 11 is 0. The molecule has 0 aromatic rings. The third-order valence-electron chi connectivity index (χ3n) is 4.38. The van der Waals surface area contributed by atoms with Crippen LogP contribution in [0.15, 0.2) is 0 Å². The standard InChI is InChI=1S/C14H24N2O3/c1-10(17)15-9-14(19)16-8-4-6-12(16)11-5-2-3-7-13(11)18/h11-13,18H,2-9H2,1H3,(H,15,17)/t11-,12-,13+/m1/s1. The Morgan fingerprint density at radius 1 is 1.21 bits per heavy atom. The van der Waals surface area contributed by atoms with Gasteiger partial charge in [0.15, 0.2) is 0 Å². The van der Waals surface area contributed by atoms with E-state index in [9.17, 15) is 14.7 Å². The Morgan fingerprint density at radius 3 is 2.63 bits per heavy atom. The Morgan fingerprint density at radius 2 is 1.95 bits per heavy atom. The summed E-state index contributed by atoms with van der Waals surface area (Å²) in [7, 11) is 0. The van der Waals surface area contributed by atoms with Gasteiger partial charge in [-0.05, 0) is 25.7 Å². The largest absolute Gasteiger partial charge is 0.393 e. The fraction of sp³-hybridized carbons (Fsp3) is 0.857. The summed E-state index contributed by atoms with van der Waals surface area (Å²) in [4.78, 5) is 24.9. The number of amides is 2. The van der Waals surface area contributed by atoms with Gasteiger partial charge < -0.3 is 15.3 Å². The lowest BCUT2D eigenvalue weighted by atomic mass is 9.80. The Hall–Kier alpha value is -1.10. The fourth-order valence-electron chi connectivity index (χ4n) is 3.44. The van der Waals surface area contributed by atoms with Crippen LogP contribution in [0.4, 0.5) is 0 Å². The van der Waals surface area contributed by atoms with E-state index >= 15 is 0 Å². The first-order chi connectivity index (χ1) is 9.09. The van der Waals surface area contributed by atoms with Crippen LogP contribution in [0.5, 0.6) is 0 Å². The molecule has 0 aromatic heterocycles. The normalized spacial score (nSPS) is 31.3. The quantitative estimate of drug-likeness (QED) is 0.790. The maximum Gasteiger partial charge on any atom is 0.242 e. The van der Waals surface area contributed by atoms with Gasteiger partial charge in [-0.2, -0.15) is 0 Å². The summed E-state index contributed by atoms with van der Waals surface area (Å²) in [6, 6.07) is 0.163. The molecule has 1 aliphatic heterocycles. The van der Waals surface area contributed by atoms with Crippen molar-refractivity contribution in [3.63, 3.8) is 0 Å². The van der Waals surface area contributed by atoms with E-state index in [2.05, 4.69) is 5.32 Å². The van der Waals surface area contributed by atoms with Gasteiger partial charge in [-0.1, -0.05) is 12.8 Å². The van der Waals surface area contributed by atoms with Crippen LogP contribution in [0.25, 0.3) is 0 Å². The number of rotatable bonds is 3. The van der Waals surface area contributed by atoms with Crippen LogP contribution in [0, 0.1) is 5.92 Å². The zero-order chi connectivity index (χ0) is 13.8. The van der Waals surface area contributed by atoms with E-state index in [1.807, 2.05) is 4.90 Å². The number of aliphatic hydroxyl groups is 1. The highest BCUT2D eigenvalue weighted by Crippen LogP contribution is 2.34. The van der Waals surface area contributed by atoms with Crippen molar-refractivity contribution in [1.29, 1.82) is 0 Å². The minimum atomic E-state index is -0.270. The second-order valence-corrected chi connectivity index (χ2v) is 5.72. The summed E-state index contributed by atoms with van der Waals surface area (Å²) in [5.41, 5.74) is 0. The molecule has 3 atom stereocenters. The van der Waals surface area contributed by atoms with Crippen LogP contribution in [0.2, 0.25) is 0 Å². The number of nitrogens with one attached hydrogen (secondary N) is 1. The molecule has 108 valence electrons. The van der Waals surface area contributed by atoms with Gasteiger partial charge in [0.1, 0.15) is 0 Å². The number of carbonyl (C=O) groups excluding carboxylic acids is 2. The smallest absolute Gasteiger partial charge is 0.242 e. The summed E-state index contributed by atoms with van der Waals surface area (Å²) in [5.74, 6) is 0.0230. The van der Waals surface area contributed by atoms with Crippen molar-refractivity contribution < 1.29 is 14.7 Å². The van der Waals surface area contributed by atoms with Crippen molar-refractivity contribution in [1.82, 2.24) is 10.2 Å². The first kappa shape index (κ1) is 14.3. The molecule has 2 fully saturated rings. The molecular weight excluding hydrogens is 244 g/mol. The van der Waals surface area contributed by atoms with Gasteiger partial charge in [-0.25, -0.2) is 0 Å². The highest BCUT2D eigenvalue weighted by atomic mass is 16.3. The zero-order valence-corrected chi connectivity index (χ0v) is 11.6. The van der Waals surface area contributed by atoms with E-state index in [1.165, 1.54) is 6.92 Å². The molecule has 0 spiro atoms. The van der Waals surface area contributed by atoms with E-state index in [1.54, 1.807) is 0 Å². The van der Waals surface area contributed by atoms with E-state index in [0.29, 0.717) is 0 Å². The molecule has 0 unspecified atom stereocenters. The number of carbonyl (C=O) groups is 2. The molecular formula is C14H24N2O3. The van der Waals surface area contributed by atoms with Crippen molar-refractivity contribution in [2.45, 2.75) is 57.6 Å². The van der Waals surface area contributed by atoms with Crippen LogP contribution >= 0.6 is 0 Å². The maximum atomic E-state index is 12.1. The average molecular weight is 268 g/mol. The predicted octanol–water partition coefficient (Wildman–Crippen LogP) is 0.665. The lowest BCUT2D eigenvalue weighted by molar-refractivity contribution is -0.135. The molecule has 2 aliphatic rings. The number of hydrogen-bond donors (Lipinski definition) is 2. The van der Waals surface area contributed by atoms with Crippen LogP contribution in [0.1, 0.15) is 45.4 Å². The third-order valence-corrected chi connectivity index (χ3v) is 4.38. The summed E-state index contributed by atoms with van der Waals surface area (Å²) < 4.78 is 0. The predicted molar refractivity (Wildman–Crippen MR) is 71.4 cm³/mol. The van der Waals surface area contributed by atoms with Crippen molar-refractivity contribution in [2.24, 2.45) is 5.92 Å². The minimum Gasteiger partial charge on any atom is -0.393 e. The molecule has 5 nitrogen and oxygen atoms in total. The highest BCUT2D eigenvalue weighted by Gasteiger charge is 2.38. The molecule has 0 bridgehead atoms. The molecule has 2 N–H and O–H groups in total. The minimum absolute atomic E-state index is 0.0181.